The molecule has 0 rings (SSSR count). The Balaban J connectivity index is 3.77. The molecule has 0 fully saturated rings. The first kappa shape index (κ1) is 13.1. The first-order chi connectivity index (χ1) is 5.81. The van der Waals surface area contributed by atoms with E-state index < -0.39 is 8.32 Å². The molecule has 80 valence electrons. The van der Waals surface area contributed by atoms with E-state index in [2.05, 4.69) is 33.9 Å². The van der Waals surface area contributed by atoms with Crippen molar-refractivity contribution in [3.05, 3.63) is 0 Å². The van der Waals surface area contributed by atoms with Gasteiger partial charge in [0.2, 0.25) is 0 Å². The molecule has 0 unspecified atom stereocenters. The molecule has 0 saturated carbocycles. The number of ether oxygens (including phenoxy) is 1. The summed E-state index contributed by atoms with van der Waals surface area (Å²) in [4.78, 5) is 0. The Bertz CT molecular complexity index is 138. The van der Waals surface area contributed by atoms with Crippen molar-refractivity contribution in [2.45, 2.75) is 45.3 Å². The highest BCUT2D eigenvalue weighted by atomic mass is 28.4. The van der Waals surface area contributed by atoms with Gasteiger partial charge in [0.1, 0.15) is 0 Å². The highest BCUT2D eigenvalue weighted by Gasteiger charge is 2.36. The molecule has 0 aliphatic rings. The van der Waals surface area contributed by atoms with E-state index in [1.54, 1.807) is 7.11 Å². The lowest BCUT2D eigenvalue weighted by molar-refractivity contribution is 0.167. The van der Waals surface area contributed by atoms with E-state index in [1.807, 2.05) is 0 Å². The fourth-order valence-corrected chi connectivity index (χ4v) is 1.83. The molecule has 0 atom stereocenters. The molecule has 0 heterocycles. The molecular weight excluding hydrogens is 180 g/mol. The molecule has 0 saturated heterocycles. The van der Waals surface area contributed by atoms with Gasteiger partial charge in [-0.2, -0.15) is 0 Å². The van der Waals surface area contributed by atoms with Crippen LogP contribution < -0.4 is 0 Å². The minimum Gasteiger partial charge on any atom is -0.417 e. The van der Waals surface area contributed by atoms with Gasteiger partial charge in [0, 0.05) is 20.3 Å². The monoisotopic (exact) mass is 204 g/mol. The van der Waals surface area contributed by atoms with E-state index in [0.717, 1.165) is 19.6 Å². The van der Waals surface area contributed by atoms with Crippen LogP contribution in [-0.4, -0.2) is 28.6 Å². The summed E-state index contributed by atoms with van der Waals surface area (Å²) in [5.41, 5.74) is 0. The molecule has 0 aromatic rings. The van der Waals surface area contributed by atoms with Gasteiger partial charge in [-0.3, -0.25) is 0 Å². The Morgan fingerprint density at radius 1 is 1.08 bits per heavy atom. The van der Waals surface area contributed by atoms with Crippen molar-refractivity contribution in [3.8, 4) is 0 Å². The largest absolute Gasteiger partial charge is 0.417 e. The Morgan fingerprint density at radius 3 is 2.00 bits per heavy atom. The van der Waals surface area contributed by atoms with Crippen molar-refractivity contribution in [2.75, 3.05) is 20.3 Å². The summed E-state index contributed by atoms with van der Waals surface area (Å²) in [5, 5.41) is 0.320. The first-order valence-corrected chi connectivity index (χ1v) is 7.85. The molecule has 0 aromatic carbocycles. The average molecular weight is 204 g/mol. The van der Waals surface area contributed by atoms with E-state index in [4.69, 9.17) is 9.16 Å². The van der Waals surface area contributed by atoms with Crippen LogP contribution in [0.1, 0.15) is 27.2 Å². The Hall–Kier alpha value is 0.137. The van der Waals surface area contributed by atoms with Crippen molar-refractivity contribution >= 4 is 8.32 Å². The van der Waals surface area contributed by atoms with Crippen LogP contribution in [0.25, 0.3) is 0 Å². The molecule has 0 amide bonds. The zero-order valence-electron chi connectivity index (χ0n) is 9.94. The summed E-state index contributed by atoms with van der Waals surface area (Å²) in [6, 6.07) is 0. The second kappa shape index (κ2) is 5.13. The molecular formula is C10H24O2Si. The van der Waals surface area contributed by atoms with E-state index in [9.17, 15) is 0 Å². The molecule has 2 nitrogen and oxygen atoms in total. The van der Waals surface area contributed by atoms with Gasteiger partial charge in [-0.05, 0) is 24.6 Å². The van der Waals surface area contributed by atoms with Gasteiger partial charge in [-0.1, -0.05) is 20.8 Å². The smallest absolute Gasteiger partial charge is 0.191 e. The van der Waals surface area contributed by atoms with Gasteiger partial charge in [-0.15, -0.1) is 0 Å². The van der Waals surface area contributed by atoms with Crippen molar-refractivity contribution in [1.29, 1.82) is 0 Å². The molecule has 0 bridgehead atoms. The maximum absolute atomic E-state index is 5.95. The highest BCUT2D eigenvalue weighted by Crippen LogP contribution is 2.36. The maximum atomic E-state index is 5.95. The number of hydrogen-bond donors (Lipinski definition) is 0. The highest BCUT2D eigenvalue weighted by molar-refractivity contribution is 6.74. The van der Waals surface area contributed by atoms with Gasteiger partial charge >= 0.3 is 0 Å². The number of hydrogen-bond acceptors (Lipinski definition) is 2. The zero-order valence-corrected chi connectivity index (χ0v) is 10.9. The van der Waals surface area contributed by atoms with Crippen molar-refractivity contribution in [1.82, 2.24) is 0 Å². The van der Waals surface area contributed by atoms with E-state index in [-0.39, 0.29) is 0 Å². The summed E-state index contributed by atoms with van der Waals surface area (Å²) in [7, 11) is 0.218. The third-order valence-electron chi connectivity index (χ3n) is 2.76. The lowest BCUT2D eigenvalue weighted by Gasteiger charge is -2.36. The van der Waals surface area contributed by atoms with Crippen molar-refractivity contribution in [2.24, 2.45) is 0 Å². The van der Waals surface area contributed by atoms with Gasteiger partial charge < -0.3 is 9.16 Å². The van der Waals surface area contributed by atoms with Crippen LogP contribution in [0, 0.1) is 0 Å². The fraction of sp³-hybridized carbons (Fsp3) is 1.00. The van der Waals surface area contributed by atoms with Crippen LogP contribution in [0.2, 0.25) is 18.1 Å². The van der Waals surface area contributed by atoms with Crippen molar-refractivity contribution < 1.29 is 9.16 Å². The summed E-state index contributed by atoms with van der Waals surface area (Å²) in [6.45, 7) is 13.0. The van der Waals surface area contributed by atoms with E-state index in [1.165, 1.54) is 0 Å². The maximum Gasteiger partial charge on any atom is 0.191 e. The Morgan fingerprint density at radius 2 is 1.62 bits per heavy atom. The Labute approximate surface area is 83.8 Å². The standard InChI is InChI=1S/C10H24O2Si/c1-10(2,3)13(5,6)12-9-7-8-11-4/h7-9H2,1-6H3. The molecule has 3 heteroatoms. The molecule has 13 heavy (non-hydrogen) atoms. The SMILES string of the molecule is COCCCO[Si](C)(C)C(C)(C)C. The molecule has 0 aliphatic carbocycles. The predicted octanol–water partition coefficient (Wildman–Crippen LogP) is 3.04. The fourth-order valence-electron chi connectivity index (χ4n) is 0.747. The van der Waals surface area contributed by atoms with Crippen LogP contribution >= 0.6 is 0 Å². The summed E-state index contributed by atoms with van der Waals surface area (Å²) in [6.07, 6.45) is 1.00. The summed E-state index contributed by atoms with van der Waals surface area (Å²) < 4.78 is 10.9. The minimum absolute atomic E-state index is 0.320. The first-order valence-electron chi connectivity index (χ1n) is 4.94. The second-order valence-corrected chi connectivity index (χ2v) is 9.76. The third kappa shape index (κ3) is 4.79. The molecule has 0 spiro atoms. The van der Waals surface area contributed by atoms with Crippen LogP contribution in [0.4, 0.5) is 0 Å². The lowest BCUT2D eigenvalue weighted by atomic mass is 10.2. The van der Waals surface area contributed by atoms with Crippen LogP contribution in [0.3, 0.4) is 0 Å². The summed E-state index contributed by atoms with van der Waals surface area (Å²) >= 11 is 0. The average Bonchev–Trinajstić information content (AvgIpc) is 1.96. The van der Waals surface area contributed by atoms with Crippen LogP contribution in [0.5, 0.6) is 0 Å². The van der Waals surface area contributed by atoms with Crippen molar-refractivity contribution in [3.63, 3.8) is 0 Å². The predicted molar refractivity (Wildman–Crippen MR) is 59.6 cm³/mol. The van der Waals surface area contributed by atoms with Crippen LogP contribution in [0.15, 0.2) is 0 Å². The topological polar surface area (TPSA) is 18.5 Å². The Kier molecular flexibility index (Phi) is 5.18. The van der Waals surface area contributed by atoms with Crippen LogP contribution in [-0.2, 0) is 9.16 Å². The third-order valence-corrected chi connectivity index (χ3v) is 7.30. The van der Waals surface area contributed by atoms with E-state index >= 15 is 0 Å². The molecule has 0 aliphatic heterocycles. The minimum atomic E-state index is -1.51. The van der Waals surface area contributed by atoms with Gasteiger partial charge in [-0.25, -0.2) is 0 Å². The zero-order chi connectivity index (χ0) is 10.5. The normalized spacial score (nSPS) is 13.4. The van der Waals surface area contributed by atoms with E-state index in [0.29, 0.717) is 5.04 Å². The summed E-state index contributed by atoms with van der Waals surface area (Å²) in [5.74, 6) is 0. The number of methoxy groups -OCH3 is 1. The molecule has 0 aromatic heterocycles. The quantitative estimate of drug-likeness (QED) is 0.506. The number of rotatable bonds is 5. The van der Waals surface area contributed by atoms with Gasteiger partial charge in [0.15, 0.2) is 8.32 Å². The molecule has 0 radical (unpaired) electrons. The van der Waals surface area contributed by atoms with Gasteiger partial charge in [0.05, 0.1) is 0 Å². The molecule has 0 N–H and O–H groups in total. The second-order valence-electron chi connectivity index (χ2n) is 4.96. The van der Waals surface area contributed by atoms with Gasteiger partial charge in [0.25, 0.3) is 0 Å². The lowest BCUT2D eigenvalue weighted by Crippen LogP contribution is -2.41.